The van der Waals surface area contributed by atoms with E-state index in [1.165, 1.54) is 26.0 Å². The van der Waals surface area contributed by atoms with E-state index < -0.39 is 0 Å². The molecule has 3 nitrogen and oxygen atoms in total. The lowest BCUT2D eigenvalue weighted by Crippen LogP contribution is -2.36. The summed E-state index contributed by atoms with van der Waals surface area (Å²) in [5.41, 5.74) is 0.360. The SMILES string of the molecule is COC(=O)C=CN1CCCC(C)(C)C1. The van der Waals surface area contributed by atoms with E-state index >= 15 is 0 Å². The average Bonchev–Trinajstić information content (AvgIpc) is 2.12. The second-order valence-corrected chi connectivity index (χ2v) is 4.58. The van der Waals surface area contributed by atoms with E-state index in [9.17, 15) is 4.79 Å². The zero-order valence-corrected chi connectivity index (χ0v) is 9.25. The molecule has 0 saturated carbocycles. The van der Waals surface area contributed by atoms with Crippen molar-refractivity contribution in [3.8, 4) is 0 Å². The molecule has 1 rings (SSSR count). The fourth-order valence-electron chi connectivity index (χ4n) is 1.83. The highest BCUT2D eigenvalue weighted by atomic mass is 16.5. The molecule has 0 radical (unpaired) electrons. The summed E-state index contributed by atoms with van der Waals surface area (Å²) in [7, 11) is 1.40. The topological polar surface area (TPSA) is 29.5 Å². The summed E-state index contributed by atoms with van der Waals surface area (Å²) in [6.07, 6.45) is 5.78. The van der Waals surface area contributed by atoms with Gasteiger partial charge in [-0.3, -0.25) is 0 Å². The molecule has 0 aromatic carbocycles. The molecule has 0 aromatic rings. The van der Waals surface area contributed by atoms with Gasteiger partial charge >= 0.3 is 5.97 Å². The molecule has 80 valence electrons. The van der Waals surface area contributed by atoms with Crippen LogP contribution in [0.25, 0.3) is 0 Å². The van der Waals surface area contributed by atoms with Gasteiger partial charge in [0, 0.05) is 25.4 Å². The van der Waals surface area contributed by atoms with Crippen LogP contribution in [0.4, 0.5) is 0 Å². The predicted octanol–water partition coefficient (Wildman–Crippen LogP) is 1.80. The van der Waals surface area contributed by atoms with E-state index in [1.807, 2.05) is 6.20 Å². The third kappa shape index (κ3) is 3.40. The Balaban J connectivity index is 2.45. The first kappa shape index (κ1) is 11.1. The van der Waals surface area contributed by atoms with Crippen molar-refractivity contribution in [3.63, 3.8) is 0 Å². The summed E-state index contributed by atoms with van der Waals surface area (Å²) in [4.78, 5) is 13.1. The van der Waals surface area contributed by atoms with Crippen molar-refractivity contribution in [2.75, 3.05) is 20.2 Å². The smallest absolute Gasteiger partial charge is 0.331 e. The summed E-state index contributed by atoms with van der Waals surface area (Å²) in [5.74, 6) is -0.284. The van der Waals surface area contributed by atoms with Crippen LogP contribution in [-0.2, 0) is 9.53 Å². The highest BCUT2D eigenvalue weighted by molar-refractivity contribution is 5.81. The molecule has 0 N–H and O–H groups in total. The molecule has 0 spiro atoms. The molecule has 3 heteroatoms. The number of rotatable bonds is 2. The molecule has 0 amide bonds. The Bertz CT molecular complexity index is 233. The molecule has 0 unspecified atom stereocenters. The number of nitrogens with zero attached hydrogens (tertiary/aromatic N) is 1. The zero-order valence-electron chi connectivity index (χ0n) is 9.25. The lowest BCUT2D eigenvalue weighted by atomic mass is 9.84. The van der Waals surface area contributed by atoms with Crippen molar-refractivity contribution < 1.29 is 9.53 Å². The van der Waals surface area contributed by atoms with E-state index in [0.29, 0.717) is 5.41 Å². The van der Waals surface area contributed by atoms with Crippen LogP contribution in [0.2, 0.25) is 0 Å². The normalized spacial score (nSPS) is 21.2. The first-order valence-corrected chi connectivity index (χ1v) is 5.04. The molecule has 1 saturated heterocycles. The second-order valence-electron chi connectivity index (χ2n) is 4.58. The van der Waals surface area contributed by atoms with Crippen molar-refractivity contribution in [1.82, 2.24) is 4.90 Å². The minimum Gasteiger partial charge on any atom is -0.466 e. The molecule has 1 heterocycles. The van der Waals surface area contributed by atoms with Gasteiger partial charge in [-0.2, -0.15) is 0 Å². The van der Waals surface area contributed by atoms with E-state index in [2.05, 4.69) is 23.5 Å². The maximum atomic E-state index is 10.9. The Labute approximate surface area is 85.7 Å². The van der Waals surface area contributed by atoms with Gasteiger partial charge in [0.25, 0.3) is 0 Å². The third-order valence-electron chi connectivity index (χ3n) is 2.55. The highest BCUT2D eigenvalue weighted by Crippen LogP contribution is 2.28. The van der Waals surface area contributed by atoms with Gasteiger partial charge in [-0.25, -0.2) is 4.79 Å². The Morgan fingerprint density at radius 1 is 1.50 bits per heavy atom. The number of hydrogen-bond acceptors (Lipinski definition) is 3. The molecular weight excluding hydrogens is 178 g/mol. The van der Waals surface area contributed by atoms with Crippen LogP contribution < -0.4 is 0 Å². The standard InChI is InChI=1S/C11H19NO2/c1-11(2)6-4-7-12(9-11)8-5-10(13)14-3/h5,8H,4,6-7,9H2,1-3H3. The fraction of sp³-hybridized carbons (Fsp3) is 0.727. The molecule has 0 atom stereocenters. The second kappa shape index (κ2) is 4.49. The quantitative estimate of drug-likeness (QED) is 0.499. The number of likely N-dealkylation sites (tertiary alicyclic amines) is 1. The lowest BCUT2D eigenvalue weighted by molar-refractivity contribution is -0.134. The van der Waals surface area contributed by atoms with Crippen molar-refractivity contribution in [2.45, 2.75) is 26.7 Å². The maximum absolute atomic E-state index is 10.9. The first-order valence-electron chi connectivity index (χ1n) is 5.04. The van der Waals surface area contributed by atoms with Crippen LogP contribution in [0.15, 0.2) is 12.3 Å². The number of ether oxygens (including phenoxy) is 1. The molecular formula is C11H19NO2. The van der Waals surface area contributed by atoms with Crippen molar-refractivity contribution in [2.24, 2.45) is 5.41 Å². The van der Waals surface area contributed by atoms with Crippen LogP contribution in [0.3, 0.4) is 0 Å². The number of hydrogen-bond donors (Lipinski definition) is 0. The van der Waals surface area contributed by atoms with Crippen LogP contribution in [0.5, 0.6) is 0 Å². The van der Waals surface area contributed by atoms with Crippen molar-refractivity contribution >= 4 is 5.97 Å². The van der Waals surface area contributed by atoms with E-state index in [0.717, 1.165) is 13.1 Å². The zero-order chi connectivity index (χ0) is 10.6. The maximum Gasteiger partial charge on any atom is 0.331 e. The van der Waals surface area contributed by atoms with Gasteiger partial charge in [-0.15, -0.1) is 0 Å². The summed E-state index contributed by atoms with van der Waals surface area (Å²) in [6, 6.07) is 0. The molecule has 0 aliphatic carbocycles. The Kier molecular flexibility index (Phi) is 3.55. The first-order chi connectivity index (χ1) is 6.53. The van der Waals surface area contributed by atoms with E-state index in [4.69, 9.17) is 0 Å². The summed E-state index contributed by atoms with van der Waals surface area (Å²) < 4.78 is 4.54. The summed E-state index contributed by atoms with van der Waals surface area (Å²) in [5, 5.41) is 0. The average molecular weight is 197 g/mol. The van der Waals surface area contributed by atoms with Crippen LogP contribution in [0, 0.1) is 5.41 Å². The number of carbonyl (C=O) groups excluding carboxylic acids is 1. The molecule has 0 aromatic heterocycles. The van der Waals surface area contributed by atoms with Gasteiger partial charge in [0.1, 0.15) is 0 Å². The Morgan fingerprint density at radius 2 is 2.21 bits per heavy atom. The van der Waals surface area contributed by atoms with Crippen LogP contribution >= 0.6 is 0 Å². The monoisotopic (exact) mass is 197 g/mol. The van der Waals surface area contributed by atoms with E-state index in [-0.39, 0.29) is 5.97 Å². The van der Waals surface area contributed by atoms with E-state index in [1.54, 1.807) is 0 Å². The van der Waals surface area contributed by atoms with Gasteiger partial charge in [0.05, 0.1) is 7.11 Å². The largest absolute Gasteiger partial charge is 0.466 e. The predicted molar refractivity (Wildman–Crippen MR) is 55.7 cm³/mol. The molecule has 1 aliphatic rings. The van der Waals surface area contributed by atoms with Gasteiger partial charge < -0.3 is 9.64 Å². The number of piperidine rings is 1. The summed E-state index contributed by atoms with van der Waals surface area (Å²) >= 11 is 0. The van der Waals surface area contributed by atoms with Gasteiger partial charge in [-0.1, -0.05) is 13.8 Å². The van der Waals surface area contributed by atoms with Gasteiger partial charge in [0.15, 0.2) is 0 Å². The molecule has 14 heavy (non-hydrogen) atoms. The Morgan fingerprint density at radius 3 is 2.79 bits per heavy atom. The van der Waals surface area contributed by atoms with Crippen molar-refractivity contribution in [1.29, 1.82) is 0 Å². The number of esters is 1. The Hall–Kier alpha value is -0.990. The third-order valence-corrected chi connectivity index (χ3v) is 2.55. The summed E-state index contributed by atoms with van der Waals surface area (Å²) in [6.45, 7) is 6.56. The fourth-order valence-corrected chi connectivity index (χ4v) is 1.83. The van der Waals surface area contributed by atoms with Crippen LogP contribution in [0.1, 0.15) is 26.7 Å². The molecule has 1 aliphatic heterocycles. The van der Waals surface area contributed by atoms with Gasteiger partial charge in [-0.05, 0) is 18.3 Å². The molecule has 1 fully saturated rings. The number of carbonyl (C=O) groups is 1. The minimum atomic E-state index is -0.284. The molecule has 0 bridgehead atoms. The lowest BCUT2D eigenvalue weighted by Gasteiger charge is -2.37. The van der Waals surface area contributed by atoms with Crippen LogP contribution in [-0.4, -0.2) is 31.1 Å². The highest BCUT2D eigenvalue weighted by Gasteiger charge is 2.24. The van der Waals surface area contributed by atoms with Crippen molar-refractivity contribution in [3.05, 3.63) is 12.3 Å². The van der Waals surface area contributed by atoms with Gasteiger partial charge in [0.2, 0.25) is 0 Å². The number of methoxy groups -OCH3 is 1. The minimum absolute atomic E-state index is 0.284.